The summed E-state index contributed by atoms with van der Waals surface area (Å²) in [5.41, 5.74) is 0.893. The number of furan rings is 1. The number of carbonyl (C=O) groups is 1. The second-order valence-corrected chi connectivity index (χ2v) is 6.90. The number of benzene rings is 1. The molecule has 5 nitrogen and oxygen atoms in total. The summed E-state index contributed by atoms with van der Waals surface area (Å²) in [6.07, 6.45) is 4.95. The van der Waals surface area contributed by atoms with Gasteiger partial charge in [-0.3, -0.25) is 9.78 Å². The highest BCUT2D eigenvalue weighted by Crippen LogP contribution is 2.33. The van der Waals surface area contributed by atoms with E-state index in [4.69, 9.17) is 44.0 Å². The molecule has 0 unspecified atom stereocenters. The summed E-state index contributed by atoms with van der Waals surface area (Å²) in [6.45, 7) is 0.462. The average Bonchev–Trinajstić information content (AvgIpc) is 3.17. The normalized spacial score (nSPS) is 10.6. The molecule has 0 fully saturated rings. The molecule has 0 aliphatic heterocycles. The van der Waals surface area contributed by atoms with Crippen molar-refractivity contribution >= 4 is 40.7 Å². The van der Waals surface area contributed by atoms with Gasteiger partial charge in [0, 0.05) is 25.0 Å². The largest absolute Gasteiger partial charge is 0.482 e. The number of hydrogen-bond acceptors (Lipinski definition) is 4. The Labute approximate surface area is 171 Å². The van der Waals surface area contributed by atoms with Crippen LogP contribution in [0.1, 0.15) is 11.3 Å². The third kappa shape index (κ3) is 5.39. The van der Waals surface area contributed by atoms with Crippen molar-refractivity contribution in [2.45, 2.75) is 13.1 Å². The molecule has 27 heavy (non-hydrogen) atoms. The molecule has 140 valence electrons. The summed E-state index contributed by atoms with van der Waals surface area (Å²) < 4.78 is 10.9. The molecule has 8 heteroatoms. The Balaban J connectivity index is 1.71. The molecule has 0 N–H and O–H groups in total. The molecule has 3 rings (SSSR count). The molecule has 0 saturated heterocycles. The Morgan fingerprint density at radius 1 is 1.07 bits per heavy atom. The zero-order valence-corrected chi connectivity index (χ0v) is 16.3. The molecular weight excluding hydrogens is 411 g/mol. The van der Waals surface area contributed by atoms with Crippen molar-refractivity contribution < 1.29 is 13.9 Å². The SMILES string of the molecule is O=C(COc1cc(Cl)c(Cl)cc1Cl)N(Cc1cccnc1)Cc1ccco1. The van der Waals surface area contributed by atoms with E-state index < -0.39 is 0 Å². The van der Waals surface area contributed by atoms with Gasteiger partial charge in [-0.2, -0.15) is 0 Å². The van der Waals surface area contributed by atoms with Gasteiger partial charge in [-0.05, 0) is 29.8 Å². The van der Waals surface area contributed by atoms with Crippen molar-refractivity contribution in [3.8, 4) is 5.75 Å². The first-order valence-corrected chi connectivity index (χ1v) is 9.12. The minimum absolute atomic E-state index is 0.210. The molecule has 0 saturated carbocycles. The van der Waals surface area contributed by atoms with Gasteiger partial charge in [0.2, 0.25) is 0 Å². The number of rotatable bonds is 7. The van der Waals surface area contributed by atoms with Gasteiger partial charge in [0.25, 0.3) is 5.91 Å². The fraction of sp³-hybridized carbons (Fsp3) is 0.158. The van der Waals surface area contributed by atoms with Crippen LogP contribution in [-0.2, 0) is 17.9 Å². The number of carbonyl (C=O) groups excluding carboxylic acids is 1. The number of aromatic nitrogens is 1. The number of halogens is 3. The van der Waals surface area contributed by atoms with E-state index >= 15 is 0 Å². The van der Waals surface area contributed by atoms with Gasteiger partial charge in [-0.25, -0.2) is 0 Å². The fourth-order valence-corrected chi connectivity index (χ4v) is 2.97. The fourth-order valence-electron chi connectivity index (χ4n) is 2.38. The first-order valence-electron chi connectivity index (χ1n) is 7.99. The molecule has 0 aliphatic rings. The van der Waals surface area contributed by atoms with Crippen molar-refractivity contribution in [1.82, 2.24) is 9.88 Å². The lowest BCUT2D eigenvalue weighted by molar-refractivity contribution is -0.134. The van der Waals surface area contributed by atoms with E-state index in [0.29, 0.717) is 34.6 Å². The molecule has 0 aliphatic carbocycles. The first-order chi connectivity index (χ1) is 13.0. The van der Waals surface area contributed by atoms with Gasteiger partial charge in [0.15, 0.2) is 6.61 Å². The van der Waals surface area contributed by atoms with E-state index in [2.05, 4.69) is 4.98 Å². The van der Waals surface area contributed by atoms with E-state index in [1.54, 1.807) is 35.7 Å². The zero-order chi connectivity index (χ0) is 19.2. The molecule has 0 atom stereocenters. The maximum absolute atomic E-state index is 12.7. The molecule has 2 heterocycles. The van der Waals surface area contributed by atoms with Crippen molar-refractivity contribution in [2.24, 2.45) is 0 Å². The highest BCUT2D eigenvalue weighted by atomic mass is 35.5. The van der Waals surface area contributed by atoms with Crippen LogP contribution in [0.2, 0.25) is 15.1 Å². The number of hydrogen-bond donors (Lipinski definition) is 0. The summed E-state index contributed by atoms with van der Waals surface area (Å²) >= 11 is 18.0. The van der Waals surface area contributed by atoms with Gasteiger partial charge in [0.1, 0.15) is 11.5 Å². The van der Waals surface area contributed by atoms with Crippen molar-refractivity contribution in [2.75, 3.05) is 6.61 Å². The van der Waals surface area contributed by atoms with E-state index in [9.17, 15) is 4.79 Å². The molecule has 0 bridgehead atoms. The Bertz CT molecular complexity index is 902. The number of amides is 1. The smallest absolute Gasteiger partial charge is 0.261 e. The number of nitrogens with zero attached hydrogens (tertiary/aromatic N) is 2. The van der Waals surface area contributed by atoms with Crippen molar-refractivity contribution in [3.05, 3.63) is 81.4 Å². The molecule has 2 aromatic heterocycles. The summed E-state index contributed by atoms with van der Waals surface area (Å²) in [6, 6.07) is 10.2. The molecule has 0 spiro atoms. The minimum Gasteiger partial charge on any atom is -0.482 e. The van der Waals surface area contributed by atoms with Crippen LogP contribution < -0.4 is 4.74 Å². The van der Waals surface area contributed by atoms with Crippen LogP contribution in [-0.4, -0.2) is 22.4 Å². The van der Waals surface area contributed by atoms with Crippen LogP contribution >= 0.6 is 34.8 Å². The van der Waals surface area contributed by atoms with E-state index in [1.807, 2.05) is 12.1 Å². The highest BCUT2D eigenvalue weighted by molar-refractivity contribution is 6.43. The predicted octanol–water partition coefficient (Wildman–Crippen LogP) is 5.24. The topological polar surface area (TPSA) is 55.6 Å². The molecule has 1 aromatic carbocycles. The third-order valence-corrected chi connectivity index (χ3v) is 4.72. The van der Waals surface area contributed by atoms with E-state index in [-0.39, 0.29) is 17.5 Å². The molecule has 1 amide bonds. The van der Waals surface area contributed by atoms with E-state index in [1.165, 1.54) is 12.1 Å². The maximum Gasteiger partial charge on any atom is 0.261 e. The summed E-state index contributed by atoms with van der Waals surface area (Å²) in [5, 5.41) is 0.893. The van der Waals surface area contributed by atoms with Crippen LogP contribution in [0.3, 0.4) is 0 Å². The second kappa shape index (κ2) is 9.13. The first kappa shape index (κ1) is 19.5. The molecule has 3 aromatic rings. The lowest BCUT2D eigenvalue weighted by Crippen LogP contribution is -2.34. The lowest BCUT2D eigenvalue weighted by Gasteiger charge is -2.22. The zero-order valence-electron chi connectivity index (χ0n) is 14.1. The van der Waals surface area contributed by atoms with Crippen molar-refractivity contribution in [3.63, 3.8) is 0 Å². The van der Waals surface area contributed by atoms with Gasteiger partial charge in [-0.1, -0.05) is 40.9 Å². The quantitative estimate of drug-likeness (QED) is 0.486. The Morgan fingerprint density at radius 3 is 2.59 bits per heavy atom. The predicted molar refractivity (Wildman–Crippen MR) is 104 cm³/mol. The van der Waals surface area contributed by atoms with Gasteiger partial charge in [0.05, 0.1) is 27.9 Å². The third-order valence-electron chi connectivity index (χ3n) is 3.70. The van der Waals surface area contributed by atoms with Gasteiger partial charge >= 0.3 is 0 Å². The van der Waals surface area contributed by atoms with Gasteiger partial charge < -0.3 is 14.1 Å². The number of pyridine rings is 1. The van der Waals surface area contributed by atoms with Crippen LogP contribution in [0.15, 0.2) is 59.5 Å². The second-order valence-electron chi connectivity index (χ2n) is 5.68. The summed E-state index contributed by atoms with van der Waals surface area (Å²) in [7, 11) is 0. The average molecular weight is 426 g/mol. The minimum atomic E-state index is -0.239. The Hall–Kier alpha value is -2.21. The molecular formula is C19H15Cl3N2O3. The van der Waals surface area contributed by atoms with Crippen LogP contribution in [0.5, 0.6) is 5.75 Å². The van der Waals surface area contributed by atoms with Crippen LogP contribution in [0.4, 0.5) is 0 Å². The van der Waals surface area contributed by atoms with Crippen LogP contribution in [0.25, 0.3) is 0 Å². The monoisotopic (exact) mass is 424 g/mol. The van der Waals surface area contributed by atoms with Gasteiger partial charge in [-0.15, -0.1) is 0 Å². The number of ether oxygens (including phenoxy) is 1. The van der Waals surface area contributed by atoms with E-state index in [0.717, 1.165) is 5.56 Å². The molecule has 0 radical (unpaired) electrons. The Morgan fingerprint density at radius 2 is 1.89 bits per heavy atom. The highest BCUT2D eigenvalue weighted by Gasteiger charge is 2.18. The maximum atomic E-state index is 12.7. The summed E-state index contributed by atoms with van der Waals surface area (Å²) in [5.74, 6) is 0.718. The standard InChI is InChI=1S/C19H15Cl3N2O3/c20-15-7-17(22)18(8-16(15)21)27-12-19(25)24(11-14-4-2-6-26-14)10-13-3-1-5-23-9-13/h1-9H,10-12H2. The lowest BCUT2D eigenvalue weighted by atomic mass is 10.2. The van der Waals surface area contributed by atoms with Crippen LogP contribution in [0, 0.1) is 0 Å². The summed E-state index contributed by atoms with van der Waals surface area (Å²) in [4.78, 5) is 18.4. The Kier molecular flexibility index (Phi) is 6.61. The van der Waals surface area contributed by atoms with Crippen molar-refractivity contribution in [1.29, 1.82) is 0 Å².